The summed E-state index contributed by atoms with van der Waals surface area (Å²) in [6.45, 7) is 6.27. The molecule has 156 valence electrons. The first-order valence-corrected chi connectivity index (χ1v) is 10.2. The van der Waals surface area contributed by atoms with Crippen molar-refractivity contribution in [3.63, 3.8) is 0 Å². The molecule has 0 unspecified atom stereocenters. The minimum Gasteiger partial charge on any atom is -0.480 e. The summed E-state index contributed by atoms with van der Waals surface area (Å²) in [5.74, 6) is -1.09. The van der Waals surface area contributed by atoms with Crippen LogP contribution in [0, 0.1) is 0 Å². The first kappa shape index (κ1) is 22.7. The minimum absolute atomic E-state index is 0.234. The third-order valence-electron chi connectivity index (χ3n) is 4.08. The molecule has 1 atom stereocenters. The second-order valence-corrected chi connectivity index (χ2v) is 8.62. The number of anilines is 1. The zero-order valence-electron chi connectivity index (χ0n) is 16.9. The number of alkyl carbamates (subject to hydrolysis) is 1. The topological polar surface area (TPSA) is 78.9 Å². The molecule has 0 aromatic heterocycles. The van der Waals surface area contributed by atoms with Crippen LogP contribution in [0.4, 0.5) is 10.5 Å². The van der Waals surface area contributed by atoms with Gasteiger partial charge >= 0.3 is 12.1 Å². The highest BCUT2D eigenvalue weighted by molar-refractivity contribution is 9.10. The van der Waals surface area contributed by atoms with Crippen LogP contribution in [-0.2, 0) is 16.1 Å². The lowest BCUT2D eigenvalue weighted by Crippen LogP contribution is -2.45. The zero-order valence-corrected chi connectivity index (χ0v) is 18.5. The summed E-state index contributed by atoms with van der Waals surface area (Å²) in [5, 5.41) is 12.0. The molecule has 2 aromatic rings. The smallest absolute Gasteiger partial charge is 0.408 e. The number of nitrogens with one attached hydrogen (secondary N) is 1. The van der Waals surface area contributed by atoms with Gasteiger partial charge in [0.2, 0.25) is 0 Å². The lowest BCUT2D eigenvalue weighted by Gasteiger charge is -2.27. The Balaban J connectivity index is 2.10. The molecule has 0 saturated carbocycles. The normalized spacial score (nSPS) is 12.1. The summed E-state index contributed by atoms with van der Waals surface area (Å²) in [6.07, 6.45) is -0.500. The van der Waals surface area contributed by atoms with E-state index < -0.39 is 23.7 Å². The van der Waals surface area contributed by atoms with E-state index in [-0.39, 0.29) is 6.42 Å². The predicted molar refractivity (Wildman–Crippen MR) is 117 cm³/mol. The highest BCUT2D eigenvalue weighted by Crippen LogP contribution is 2.21. The van der Waals surface area contributed by atoms with Gasteiger partial charge in [0.15, 0.2) is 0 Å². The molecule has 2 rings (SSSR count). The Morgan fingerprint density at radius 3 is 2.28 bits per heavy atom. The highest BCUT2D eigenvalue weighted by atomic mass is 79.9. The van der Waals surface area contributed by atoms with E-state index in [0.717, 1.165) is 15.7 Å². The van der Waals surface area contributed by atoms with Gasteiger partial charge in [-0.1, -0.05) is 46.3 Å². The first-order chi connectivity index (χ1) is 13.6. The Hall–Kier alpha value is -2.54. The number of carbonyl (C=O) groups excluding carboxylic acids is 1. The standard InChI is InChI=1S/C22H27BrN2O4/c1-22(2,3)29-21(28)24-19(20(26)27)13-14-25(15-16-7-5-4-6-8-16)18-11-9-17(23)10-12-18/h4-12,19H,13-15H2,1-3H3,(H,24,28)(H,26,27)/t19-/m0/s1. The van der Waals surface area contributed by atoms with E-state index in [1.807, 2.05) is 54.6 Å². The molecule has 0 spiro atoms. The molecule has 0 radical (unpaired) electrons. The van der Waals surface area contributed by atoms with Gasteiger partial charge in [-0.05, 0) is 57.0 Å². The summed E-state index contributed by atoms with van der Waals surface area (Å²) in [6, 6.07) is 16.8. The van der Waals surface area contributed by atoms with Crippen LogP contribution in [0.1, 0.15) is 32.8 Å². The highest BCUT2D eigenvalue weighted by Gasteiger charge is 2.24. The largest absolute Gasteiger partial charge is 0.480 e. The van der Waals surface area contributed by atoms with Crippen LogP contribution in [0.25, 0.3) is 0 Å². The van der Waals surface area contributed by atoms with Crippen molar-refractivity contribution in [2.24, 2.45) is 0 Å². The summed E-state index contributed by atoms with van der Waals surface area (Å²) >= 11 is 3.44. The van der Waals surface area contributed by atoms with Gasteiger partial charge in [-0.2, -0.15) is 0 Å². The Bertz CT molecular complexity index is 804. The van der Waals surface area contributed by atoms with Crippen LogP contribution < -0.4 is 10.2 Å². The Kier molecular flexibility index (Phi) is 8.08. The van der Waals surface area contributed by atoms with Crippen LogP contribution in [0.15, 0.2) is 59.1 Å². The van der Waals surface area contributed by atoms with Gasteiger partial charge in [-0.25, -0.2) is 9.59 Å². The molecule has 0 aliphatic rings. The Morgan fingerprint density at radius 2 is 1.72 bits per heavy atom. The number of rotatable bonds is 8. The molecule has 0 fully saturated rings. The van der Waals surface area contributed by atoms with Crippen molar-refractivity contribution in [1.82, 2.24) is 5.32 Å². The lowest BCUT2D eigenvalue weighted by atomic mass is 10.1. The Morgan fingerprint density at radius 1 is 1.10 bits per heavy atom. The number of ether oxygens (including phenoxy) is 1. The number of hydrogen-bond donors (Lipinski definition) is 2. The number of benzene rings is 2. The zero-order chi connectivity index (χ0) is 21.4. The summed E-state index contributed by atoms with van der Waals surface area (Å²) < 4.78 is 6.15. The fourth-order valence-corrected chi connectivity index (χ4v) is 3.01. The lowest BCUT2D eigenvalue weighted by molar-refractivity contribution is -0.139. The third kappa shape index (κ3) is 8.15. The monoisotopic (exact) mass is 462 g/mol. The second kappa shape index (κ2) is 10.3. The van der Waals surface area contributed by atoms with E-state index in [1.54, 1.807) is 20.8 Å². The van der Waals surface area contributed by atoms with E-state index in [4.69, 9.17) is 4.74 Å². The summed E-state index contributed by atoms with van der Waals surface area (Å²) in [5.41, 5.74) is 1.39. The average molecular weight is 463 g/mol. The maximum Gasteiger partial charge on any atom is 0.408 e. The van der Waals surface area contributed by atoms with Crippen molar-refractivity contribution in [3.05, 3.63) is 64.6 Å². The fraction of sp³-hybridized carbons (Fsp3) is 0.364. The molecule has 0 aliphatic heterocycles. The predicted octanol–water partition coefficient (Wildman–Crippen LogP) is 4.82. The average Bonchev–Trinajstić information content (AvgIpc) is 2.64. The van der Waals surface area contributed by atoms with E-state index in [2.05, 4.69) is 26.1 Å². The number of carboxylic acids is 1. The number of carboxylic acid groups (broad SMARTS) is 1. The van der Waals surface area contributed by atoms with Gasteiger partial charge in [0.1, 0.15) is 11.6 Å². The molecular weight excluding hydrogens is 436 g/mol. The molecular formula is C22H27BrN2O4. The van der Waals surface area contributed by atoms with Crippen molar-refractivity contribution < 1.29 is 19.4 Å². The van der Waals surface area contributed by atoms with Gasteiger partial charge in [0.25, 0.3) is 0 Å². The maximum atomic E-state index is 12.0. The van der Waals surface area contributed by atoms with Gasteiger partial charge < -0.3 is 20.1 Å². The molecule has 6 nitrogen and oxygen atoms in total. The summed E-state index contributed by atoms with van der Waals surface area (Å²) in [7, 11) is 0. The van der Waals surface area contributed by atoms with Crippen molar-refractivity contribution in [2.45, 2.75) is 45.4 Å². The maximum absolute atomic E-state index is 12.0. The molecule has 2 N–H and O–H groups in total. The number of nitrogens with zero attached hydrogens (tertiary/aromatic N) is 1. The quantitative estimate of drug-likeness (QED) is 0.587. The van der Waals surface area contributed by atoms with Crippen molar-refractivity contribution in [2.75, 3.05) is 11.4 Å². The van der Waals surface area contributed by atoms with Crippen LogP contribution in [0.3, 0.4) is 0 Å². The van der Waals surface area contributed by atoms with Gasteiger partial charge in [0.05, 0.1) is 0 Å². The van der Waals surface area contributed by atoms with Crippen LogP contribution in [-0.4, -0.2) is 35.4 Å². The first-order valence-electron chi connectivity index (χ1n) is 9.41. The molecule has 7 heteroatoms. The van der Waals surface area contributed by atoms with Crippen LogP contribution in [0.5, 0.6) is 0 Å². The number of amides is 1. The van der Waals surface area contributed by atoms with Crippen LogP contribution in [0.2, 0.25) is 0 Å². The SMILES string of the molecule is CC(C)(C)OC(=O)N[C@@H](CCN(Cc1ccccc1)c1ccc(Br)cc1)C(=O)O. The third-order valence-corrected chi connectivity index (χ3v) is 4.61. The molecule has 29 heavy (non-hydrogen) atoms. The number of carbonyl (C=O) groups is 2. The number of hydrogen-bond acceptors (Lipinski definition) is 4. The second-order valence-electron chi connectivity index (χ2n) is 7.71. The van der Waals surface area contributed by atoms with Gasteiger partial charge in [-0.15, -0.1) is 0 Å². The molecule has 0 bridgehead atoms. The molecule has 1 amide bonds. The van der Waals surface area contributed by atoms with Crippen LogP contribution >= 0.6 is 15.9 Å². The molecule has 2 aromatic carbocycles. The Labute approximate surface area is 180 Å². The summed E-state index contributed by atoms with van der Waals surface area (Å²) in [4.78, 5) is 25.8. The van der Waals surface area contributed by atoms with E-state index in [1.165, 1.54) is 0 Å². The van der Waals surface area contributed by atoms with Gasteiger partial charge in [0, 0.05) is 23.2 Å². The van der Waals surface area contributed by atoms with Crippen molar-refractivity contribution in [1.29, 1.82) is 0 Å². The minimum atomic E-state index is -1.09. The van der Waals surface area contributed by atoms with Crippen molar-refractivity contribution >= 4 is 33.7 Å². The van der Waals surface area contributed by atoms with E-state index >= 15 is 0 Å². The van der Waals surface area contributed by atoms with Gasteiger partial charge in [-0.3, -0.25) is 0 Å². The van der Waals surface area contributed by atoms with Crippen molar-refractivity contribution in [3.8, 4) is 0 Å². The van der Waals surface area contributed by atoms with E-state index in [9.17, 15) is 14.7 Å². The number of halogens is 1. The molecule has 0 heterocycles. The van der Waals surface area contributed by atoms with E-state index in [0.29, 0.717) is 13.1 Å². The number of aliphatic carboxylic acids is 1. The molecule has 0 aliphatic carbocycles. The molecule has 0 saturated heterocycles. The fourth-order valence-electron chi connectivity index (χ4n) is 2.75.